The number of aryl methyl sites for hydroxylation is 1. The summed E-state index contributed by atoms with van der Waals surface area (Å²) in [6.07, 6.45) is 2.04. The number of ether oxygens (including phenoxy) is 1. The van der Waals surface area contributed by atoms with Crippen LogP contribution in [-0.4, -0.2) is 12.9 Å². The second-order valence-electron chi connectivity index (χ2n) is 3.36. The zero-order valence-corrected chi connectivity index (χ0v) is 10.6. The second kappa shape index (κ2) is 5.91. The second-order valence-corrected chi connectivity index (χ2v) is 4.22. The number of hydrogen-bond donors (Lipinski definition) is 0. The zero-order valence-electron chi connectivity index (χ0n) is 9.05. The van der Waals surface area contributed by atoms with Crippen molar-refractivity contribution in [2.45, 2.75) is 26.2 Å². The average Bonchev–Trinajstić information content (AvgIpc) is 2.26. The predicted molar refractivity (Wildman–Crippen MR) is 64.3 cm³/mol. The fourth-order valence-corrected chi connectivity index (χ4v) is 1.91. The van der Waals surface area contributed by atoms with Crippen molar-refractivity contribution < 1.29 is 9.53 Å². The lowest BCUT2D eigenvalue weighted by Gasteiger charge is -2.05. The summed E-state index contributed by atoms with van der Waals surface area (Å²) in [5.74, 6) is 1.13. The van der Waals surface area contributed by atoms with Crippen molar-refractivity contribution in [2.24, 2.45) is 0 Å². The fourth-order valence-electron chi connectivity index (χ4n) is 1.33. The Labute approximate surface area is 98.8 Å². The van der Waals surface area contributed by atoms with Crippen LogP contribution in [-0.2, 0) is 11.2 Å². The Kier molecular flexibility index (Phi) is 4.82. The van der Waals surface area contributed by atoms with E-state index >= 15 is 0 Å². The van der Waals surface area contributed by atoms with Gasteiger partial charge in [-0.2, -0.15) is 0 Å². The van der Waals surface area contributed by atoms with Gasteiger partial charge in [-0.1, -0.05) is 13.0 Å². The van der Waals surface area contributed by atoms with Crippen LogP contribution in [0.5, 0.6) is 5.75 Å². The van der Waals surface area contributed by atoms with Gasteiger partial charge in [-0.25, -0.2) is 0 Å². The minimum Gasteiger partial charge on any atom is -0.496 e. The molecule has 15 heavy (non-hydrogen) atoms. The van der Waals surface area contributed by atoms with Gasteiger partial charge in [0.1, 0.15) is 11.5 Å². The van der Waals surface area contributed by atoms with Crippen molar-refractivity contribution in [3.63, 3.8) is 0 Å². The highest BCUT2D eigenvalue weighted by Crippen LogP contribution is 2.25. The normalized spacial score (nSPS) is 10.1. The molecular weight excluding hydrogens is 256 g/mol. The number of hydrogen-bond acceptors (Lipinski definition) is 2. The van der Waals surface area contributed by atoms with E-state index in [0.29, 0.717) is 18.6 Å². The standard InChI is InChI=1S/C12H15BrO2/c1-3-10(14)6-4-9-5-7-12(15-2)11(13)8-9/h5,7-8H,3-4,6H2,1-2H3. The predicted octanol–water partition coefficient (Wildman–Crippen LogP) is 3.37. The molecule has 0 spiro atoms. The molecule has 82 valence electrons. The van der Waals surface area contributed by atoms with Crippen LogP contribution in [0.2, 0.25) is 0 Å². The first-order valence-corrected chi connectivity index (χ1v) is 5.80. The van der Waals surface area contributed by atoms with E-state index in [0.717, 1.165) is 22.2 Å². The third-order valence-electron chi connectivity index (χ3n) is 2.30. The van der Waals surface area contributed by atoms with Crippen molar-refractivity contribution in [2.75, 3.05) is 7.11 Å². The van der Waals surface area contributed by atoms with Gasteiger partial charge in [0, 0.05) is 12.8 Å². The molecule has 0 aliphatic rings. The molecule has 2 nitrogen and oxygen atoms in total. The number of benzene rings is 1. The van der Waals surface area contributed by atoms with Crippen LogP contribution in [0.1, 0.15) is 25.3 Å². The van der Waals surface area contributed by atoms with E-state index in [4.69, 9.17) is 4.74 Å². The highest BCUT2D eigenvalue weighted by atomic mass is 79.9. The summed E-state index contributed by atoms with van der Waals surface area (Å²) in [5.41, 5.74) is 1.16. The minimum atomic E-state index is 0.307. The Morgan fingerprint density at radius 2 is 2.20 bits per heavy atom. The van der Waals surface area contributed by atoms with Crippen molar-refractivity contribution in [3.05, 3.63) is 28.2 Å². The van der Waals surface area contributed by atoms with Gasteiger partial charge >= 0.3 is 0 Å². The lowest BCUT2D eigenvalue weighted by molar-refractivity contribution is -0.118. The van der Waals surface area contributed by atoms with Gasteiger partial charge in [-0.15, -0.1) is 0 Å². The van der Waals surface area contributed by atoms with E-state index < -0.39 is 0 Å². The molecule has 0 atom stereocenters. The lowest BCUT2D eigenvalue weighted by atomic mass is 10.1. The van der Waals surface area contributed by atoms with Gasteiger partial charge in [0.25, 0.3) is 0 Å². The van der Waals surface area contributed by atoms with Crippen LogP contribution >= 0.6 is 15.9 Å². The van der Waals surface area contributed by atoms with Crippen molar-refractivity contribution >= 4 is 21.7 Å². The molecule has 0 aliphatic carbocycles. The fraction of sp³-hybridized carbons (Fsp3) is 0.417. The van der Waals surface area contributed by atoms with E-state index in [1.54, 1.807) is 7.11 Å². The molecule has 1 aromatic rings. The Hall–Kier alpha value is -0.830. The SMILES string of the molecule is CCC(=O)CCc1ccc(OC)c(Br)c1. The van der Waals surface area contributed by atoms with Gasteiger partial charge in [-0.3, -0.25) is 4.79 Å². The number of Topliss-reactive ketones (excluding diaryl/α,β-unsaturated/α-hetero) is 1. The van der Waals surface area contributed by atoms with Crippen molar-refractivity contribution in [1.82, 2.24) is 0 Å². The van der Waals surface area contributed by atoms with Crippen LogP contribution in [0.25, 0.3) is 0 Å². The van der Waals surface area contributed by atoms with E-state index in [-0.39, 0.29) is 0 Å². The first kappa shape index (κ1) is 12.2. The largest absolute Gasteiger partial charge is 0.496 e. The van der Waals surface area contributed by atoms with E-state index in [9.17, 15) is 4.79 Å². The number of carbonyl (C=O) groups is 1. The highest BCUT2D eigenvalue weighted by Gasteiger charge is 2.03. The Morgan fingerprint density at radius 1 is 1.47 bits per heavy atom. The maximum atomic E-state index is 11.2. The summed E-state index contributed by atoms with van der Waals surface area (Å²) in [6.45, 7) is 1.90. The topological polar surface area (TPSA) is 26.3 Å². The molecule has 0 fully saturated rings. The molecule has 0 bridgehead atoms. The Morgan fingerprint density at radius 3 is 2.73 bits per heavy atom. The first-order valence-electron chi connectivity index (χ1n) is 5.01. The number of halogens is 1. The third kappa shape index (κ3) is 3.67. The summed E-state index contributed by atoms with van der Waals surface area (Å²) in [7, 11) is 1.64. The van der Waals surface area contributed by atoms with Crippen LogP contribution in [0.3, 0.4) is 0 Å². The Bertz CT molecular complexity index is 347. The van der Waals surface area contributed by atoms with Crippen LogP contribution in [0, 0.1) is 0 Å². The molecule has 3 heteroatoms. The maximum absolute atomic E-state index is 11.2. The quantitative estimate of drug-likeness (QED) is 0.820. The number of carbonyl (C=O) groups excluding carboxylic acids is 1. The van der Waals surface area contributed by atoms with E-state index in [1.165, 1.54) is 0 Å². The van der Waals surface area contributed by atoms with Crippen LogP contribution < -0.4 is 4.74 Å². The molecule has 0 saturated carbocycles. The van der Waals surface area contributed by atoms with Crippen LogP contribution in [0.4, 0.5) is 0 Å². The average molecular weight is 271 g/mol. The van der Waals surface area contributed by atoms with Crippen LogP contribution in [0.15, 0.2) is 22.7 Å². The summed E-state index contributed by atoms with van der Waals surface area (Å²) in [6, 6.07) is 5.91. The number of ketones is 1. The highest BCUT2D eigenvalue weighted by molar-refractivity contribution is 9.10. The molecule has 0 radical (unpaired) electrons. The van der Waals surface area contributed by atoms with Crippen molar-refractivity contribution in [3.8, 4) is 5.75 Å². The zero-order chi connectivity index (χ0) is 11.3. The van der Waals surface area contributed by atoms with Gasteiger partial charge in [0.05, 0.1) is 11.6 Å². The van der Waals surface area contributed by atoms with Gasteiger partial charge in [0.2, 0.25) is 0 Å². The number of methoxy groups -OCH3 is 1. The molecule has 0 saturated heterocycles. The monoisotopic (exact) mass is 270 g/mol. The maximum Gasteiger partial charge on any atom is 0.133 e. The number of rotatable bonds is 5. The summed E-state index contributed by atoms with van der Waals surface area (Å²) in [5, 5.41) is 0. The van der Waals surface area contributed by atoms with E-state index in [2.05, 4.69) is 15.9 Å². The van der Waals surface area contributed by atoms with Crippen molar-refractivity contribution in [1.29, 1.82) is 0 Å². The summed E-state index contributed by atoms with van der Waals surface area (Å²) < 4.78 is 6.07. The molecular formula is C12H15BrO2. The lowest BCUT2D eigenvalue weighted by Crippen LogP contribution is -1.98. The molecule has 0 N–H and O–H groups in total. The molecule has 0 aliphatic heterocycles. The first-order chi connectivity index (χ1) is 7.17. The Balaban J connectivity index is 2.63. The van der Waals surface area contributed by atoms with Gasteiger partial charge in [-0.05, 0) is 40.0 Å². The summed E-state index contributed by atoms with van der Waals surface area (Å²) in [4.78, 5) is 11.2. The third-order valence-corrected chi connectivity index (χ3v) is 2.92. The molecule has 0 amide bonds. The van der Waals surface area contributed by atoms with Gasteiger partial charge in [0.15, 0.2) is 0 Å². The smallest absolute Gasteiger partial charge is 0.133 e. The molecule has 0 heterocycles. The molecule has 1 aromatic carbocycles. The van der Waals surface area contributed by atoms with E-state index in [1.807, 2.05) is 25.1 Å². The summed E-state index contributed by atoms with van der Waals surface area (Å²) >= 11 is 3.42. The molecule has 0 aromatic heterocycles. The minimum absolute atomic E-state index is 0.307. The molecule has 1 rings (SSSR count). The van der Waals surface area contributed by atoms with Gasteiger partial charge < -0.3 is 4.74 Å². The molecule has 0 unspecified atom stereocenters.